The molecule has 162 valence electrons. The molecule has 0 fully saturated rings. The van der Waals surface area contributed by atoms with Crippen LogP contribution in [0.3, 0.4) is 0 Å². The molecule has 0 bridgehead atoms. The van der Waals surface area contributed by atoms with Gasteiger partial charge in [0.25, 0.3) is 0 Å². The number of ether oxygens (including phenoxy) is 2. The lowest BCUT2D eigenvalue weighted by Crippen LogP contribution is -2.16. The minimum Gasteiger partial charge on any atom is -0.490 e. The molecule has 0 aliphatic heterocycles. The van der Waals surface area contributed by atoms with Gasteiger partial charge >= 0.3 is 0 Å². The predicted octanol–water partition coefficient (Wildman–Crippen LogP) is 7.19. The van der Waals surface area contributed by atoms with E-state index < -0.39 is 0 Å². The van der Waals surface area contributed by atoms with Crippen molar-refractivity contribution in [3.05, 3.63) is 58.6 Å². The van der Waals surface area contributed by atoms with E-state index in [0.717, 1.165) is 40.7 Å². The first-order valence-electron chi connectivity index (χ1n) is 10.6. The third-order valence-electron chi connectivity index (χ3n) is 4.68. The topological polar surface area (TPSA) is 30.5 Å². The highest BCUT2D eigenvalue weighted by molar-refractivity contribution is 6.30. The van der Waals surface area contributed by atoms with Crippen LogP contribution in [0.2, 0.25) is 5.02 Å². The Morgan fingerprint density at radius 3 is 2.31 bits per heavy atom. The summed E-state index contributed by atoms with van der Waals surface area (Å²) in [5.41, 5.74) is 2.22. The molecule has 0 heterocycles. The Labute approximate surface area is 187 Å². The number of para-hydroxylation sites is 1. The number of halogens is 2. The van der Waals surface area contributed by atoms with Gasteiger partial charge in [-0.2, -0.15) is 0 Å². The minimum atomic E-state index is 0. The molecule has 2 aromatic carbocycles. The zero-order valence-electron chi connectivity index (χ0n) is 17.7. The Kier molecular flexibility index (Phi) is 13.6. The van der Waals surface area contributed by atoms with Crippen LogP contribution < -0.4 is 14.8 Å². The van der Waals surface area contributed by atoms with Crippen LogP contribution >= 0.6 is 24.0 Å². The number of nitrogens with one attached hydrogen (secondary N) is 1. The molecule has 29 heavy (non-hydrogen) atoms. The molecule has 2 rings (SSSR count). The second-order valence-electron chi connectivity index (χ2n) is 7.04. The van der Waals surface area contributed by atoms with Gasteiger partial charge in [-0.05, 0) is 43.7 Å². The highest BCUT2D eigenvalue weighted by atomic mass is 35.5. The van der Waals surface area contributed by atoms with Crippen molar-refractivity contribution in [2.24, 2.45) is 0 Å². The molecule has 5 heteroatoms. The standard InChI is InChI=1S/C24H34ClNO2.ClH/c1-3-5-6-7-8-9-17-26-18-21-11-10-12-23(27-4-2)24(21)28-19-20-13-15-22(25)16-14-20;/h10-16,26H,3-9,17-19H2,1-2H3;1H. The molecule has 0 radical (unpaired) electrons. The molecule has 3 nitrogen and oxygen atoms in total. The van der Waals surface area contributed by atoms with Crippen molar-refractivity contribution < 1.29 is 9.47 Å². The largest absolute Gasteiger partial charge is 0.490 e. The maximum absolute atomic E-state index is 6.16. The van der Waals surface area contributed by atoms with Crippen molar-refractivity contribution >= 4 is 24.0 Å². The Morgan fingerprint density at radius 1 is 0.862 bits per heavy atom. The lowest BCUT2D eigenvalue weighted by atomic mass is 10.1. The van der Waals surface area contributed by atoms with Gasteiger partial charge in [0, 0.05) is 17.1 Å². The Bertz CT molecular complexity index is 677. The van der Waals surface area contributed by atoms with E-state index in [2.05, 4.69) is 18.3 Å². The molecule has 0 aliphatic rings. The van der Waals surface area contributed by atoms with Gasteiger partial charge in [0.2, 0.25) is 0 Å². The predicted molar refractivity (Wildman–Crippen MR) is 126 cm³/mol. The highest BCUT2D eigenvalue weighted by Crippen LogP contribution is 2.32. The van der Waals surface area contributed by atoms with Gasteiger partial charge in [0.1, 0.15) is 6.61 Å². The van der Waals surface area contributed by atoms with E-state index in [1.54, 1.807) is 0 Å². The molecule has 0 unspecified atom stereocenters. The molecule has 0 aromatic heterocycles. The molecule has 0 atom stereocenters. The van der Waals surface area contributed by atoms with Gasteiger partial charge in [-0.25, -0.2) is 0 Å². The average molecular weight is 440 g/mol. The van der Waals surface area contributed by atoms with E-state index in [4.69, 9.17) is 21.1 Å². The van der Waals surface area contributed by atoms with Crippen molar-refractivity contribution in [1.29, 1.82) is 0 Å². The van der Waals surface area contributed by atoms with Crippen molar-refractivity contribution in [2.45, 2.75) is 65.5 Å². The number of hydrogen-bond acceptors (Lipinski definition) is 3. The van der Waals surface area contributed by atoms with Gasteiger partial charge in [0.15, 0.2) is 11.5 Å². The summed E-state index contributed by atoms with van der Waals surface area (Å²) >= 11 is 5.97. The summed E-state index contributed by atoms with van der Waals surface area (Å²) in [6.07, 6.45) is 7.86. The minimum absolute atomic E-state index is 0. The fourth-order valence-electron chi connectivity index (χ4n) is 3.12. The zero-order chi connectivity index (χ0) is 20.0. The smallest absolute Gasteiger partial charge is 0.166 e. The third kappa shape index (κ3) is 9.75. The van der Waals surface area contributed by atoms with Gasteiger partial charge in [-0.1, -0.05) is 74.9 Å². The lowest BCUT2D eigenvalue weighted by Gasteiger charge is -2.16. The average Bonchev–Trinajstić information content (AvgIpc) is 2.71. The van der Waals surface area contributed by atoms with Crippen molar-refractivity contribution in [1.82, 2.24) is 5.32 Å². The Morgan fingerprint density at radius 2 is 1.59 bits per heavy atom. The monoisotopic (exact) mass is 439 g/mol. The second kappa shape index (κ2) is 15.4. The summed E-state index contributed by atoms with van der Waals surface area (Å²) in [5.74, 6) is 1.63. The summed E-state index contributed by atoms with van der Waals surface area (Å²) in [6, 6.07) is 13.9. The lowest BCUT2D eigenvalue weighted by molar-refractivity contribution is 0.266. The quantitative estimate of drug-likeness (QED) is 0.315. The fraction of sp³-hybridized carbons (Fsp3) is 0.500. The summed E-state index contributed by atoms with van der Waals surface area (Å²) in [6.45, 7) is 7.17. The Hall–Kier alpha value is -1.42. The molecular formula is C24H35Cl2NO2. The molecule has 0 spiro atoms. The van der Waals surface area contributed by atoms with Gasteiger partial charge in [0.05, 0.1) is 6.61 Å². The van der Waals surface area contributed by atoms with Crippen LogP contribution in [0.15, 0.2) is 42.5 Å². The molecule has 0 amide bonds. The van der Waals surface area contributed by atoms with Crippen molar-refractivity contribution in [3.63, 3.8) is 0 Å². The summed E-state index contributed by atoms with van der Waals surface area (Å²) in [5, 5.41) is 4.29. The third-order valence-corrected chi connectivity index (χ3v) is 4.93. The Balaban J connectivity index is 0.00000420. The number of hydrogen-bond donors (Lipinski definition) is 1. The number of benzene rings is 2. The van der Waals surface area contributed by atoms with E-state index in [1.807, 2.05) is 43.3 Å². The summed E-state index contributed by atoms with van der Waals surface area (Å²) in [7, 11) is 0. The maximum atomic E-state index is 6.16. The van der Waals surface area contributed by atoms with Crippen LogP contribution in [-0.2, 0) is 13.2 Å². The van der Waals surface area contributed by atoms with Gasteiger partial charge in [-0.3, -0.25) is 0 Å². The van der Waals surface area contributed by atoms with Gasteiger partial charge < -0.3 is 14.8 Å². The number of rotatable bonds is 14. The molecular weight excluding hydrogens is 405 g/mol. The van der Waals surface area contributed by atoms with Crippen LogP contribution in [-0.4, -0.2) is 13.2 Å². The maximum Gasteiger partial charge on any atom is 0.166 e. The van der Waals surface area contributed by atoms with Crippen LogP contribution in [0.1, 0.15) is 63.5 Å². The second-order valence-corrected chi connectivity index (χ2v) is 7.47. The molecule has 0 saturated carbocycles. The molecule has 0 aliphatic carbocycles. The highest BCUT2D eigenvalue weighted by Gasteiger charge is 2.11. The first-order valence-corrected chi connectivity index (χ1v) is 10.9. The van der Waals surface area contributed by atoms with E-state index in [-0.39, 0.29) is 12.4 Å². The van der Waals surface area contributed by atoms with Crippen molar-refractivity contribution in [2.75, 3.05) is 13.2 Å². The molecule has 1 N–H and O–H groups in total. The van der Waals surface area contributed by atoms with E-state index >= 15 is 0 Å². The van der Waals surface area contributed by atoms with Crippen LogP contribution in [0, 0.1) is 0 Å². The summed E-state index contributed by atoms with van der Waals surface area (Å²) < 4.78 is 12.0. The first kappa shape index (κ1) is 25.6. The van der Waals surface area contributed by atoms with E-state index in [0.29, 0.717) is 13.2 Å². The summed E-state index contributed by atoms with van der Waals surface area (Å²) in [4.78, 5) is 0. The molecule has 0 saturated heterocycles. The van der Waals surface area contributed by atoms with Crippen LogP contribution in [0.4, 0.5) is 0 Å². The van der Waals surface area contributed by atoms with Crippen LogP contribution in [0.5, 0.6) is 11.5 Å². The number of unbranched alkanes of at least 4 members (excludes halogenated alkanes) is 5. The van der Waals surface area contributed by atoms with Gasteiger partial charge in [-0.15, -0.1) is 12.4 Å². The zero-order valence-corrected chi connectivity index (χ0v) is 19.3. The van der Waals surface area contributed by atoms with E-state index in [1.165, 1.54) is 38.5 Å². The SMILES string of the molecule is CCCCCCCCNCc1cccc(OCC)c1OCc1ccc(Cl)cc1.Cl. The first-order chi connectivity index (χ1) is 13.7. The van der Waals surface area contributed by atoms with E-state index in [9.17, 15) is 0 Å². The van der Waals surface area contributed by atoms with Crippen LogP contribution in [0.25, 0.3) is 0 Å². The fourth-order valence-corrected chi connectivity index (χ4v) is 3.25. The van der Waals surface area contributed by atoms with Crippen molar-refractivity contribution in [3.8, 4) is 11.5 Å². The normalized spacial score (nSPS) is 10.4. The molecule has 2 aromatic rings.